The number of aryl methyl sites for hydroxylation is 1. The number of esters is 1. The molecule has 3 aromatic rings. The topological polar surface area (TPSA) is 51.5 Å². The number of carbonyl (C=O) groups is 1. The summed E-state index contributed by atoms with van der Waals surface area (Å²) in [4.78, 5) is 27.7. The Morgan fingerprint density at radius 3 is 2.27 bits per heavy atom. The third-order valence-electron chi connectivity index (χ3n) is 6.01. The van der Waals surface area contributed by atoms with Gasteiger partial charge in [0.25, 0.3) is 5.56 Å². The Hall–Kier alpha value is -2.76. The van der Waals surface area contributed by atoms with E-state index in [1.807, 2.05) is 51.1 Å². The smallest absolute Gasteiger partial charge is 0.338 e. The predicted octanol–water partition coefficient (Wildman–Crippen LogP) is 7.55. The lowest BCUT2D eigenvalue weighted by Crippen LogP contribution is -2.31. The molecule has 0 saturated heterocycles. The first kappa shape index (κ1) is 28.8. The lowest BCUT2D eigenvalue weighted by atomic mass is 10.1. The Kier molecular flexibility index (Phi) is 10.2. The molecule has 0 saturated carbocycles. The van der Waals surface area contributed by atoms with Crippen LogP contribution in [-0.2, 0) is 24.2 Å². The maximum Gasteiger partial charge on any atom is 0.338 e. The van der Waals surface area contributed by atoms with Crippen molar-refractivity contribution in [2.45, 2.75) is 72.1 Å². The van der Waals surface area contributed by atoms with E-state index < -0.39 is 5.60 Å². The zero-order valence-corrected chi connectivity index (χ0v) is 23.6. The van der Waals surface area contributed by atoms with Gasteiger partial charge < -0.3 is 14.2 Å². The van der Waals surface area contributed by atoms with Crippen LogP contribution in [0.25, 0.3) is 0 Å². The third kappa shape index (κ3) is 8.37. The molecule has 0 unspecified atom stereocenters. The number of anilines is 1. The zero-order chi connectivity index (χ0) is 27.0. The number of nitrogens with zero attached hydrogens (tertiary/aromatic N) is 2. The highest BCUT2D eigenvalue weighted by Gasteiger charge is 2.19. The van der Waals surface area contributed by atoms with E-state index in [1.165, 1.54) is 0 Å². The van der Waals surface area contributed by atoms with E-state index in [4.69, 9.17) is 27.9 Å². The molecule has 37 heavy (non-hydrogen) atoms. The second-order valence-electron chi connectivity index (χ2n) is 10.2. The maximum atomic E-state index is 13.1. The minimum absolute atomic E-state index is 0.103. The lowest BCUT2D eigenvalue weighted by Gasteiger charge is -2.27. The number of para-hydroxylation sites is 1. The minimum Gasteiger partial charge on any atom is -0.456 e. The van der Waals surface area contributed by atoms with E-state index in [0.717, 1.165) is 42.8 Å². The van der Waals surface area contributed by atoms with Gasteiger partial charge in [-0.1, -0.05) is 73.3 Å². The molecule has 0 atom stereocenters. The Balaban J connectivity index is 1.83. The van der Waals surface area contributed by atoms with Gasteiger partial charge in [-0.25, -0.2) is 4.79 Å². The van der Waals surface area contributed by atoms with Crippen LogP contribution >= 0.6 is 23.2 Å². The van der Waals surface area contributed by atoms with E-state index in [0.29, 0.717) is 30.1 Å². The van der Waals surface area contributed by atoms with Crippen LogP contribution in [0.5, 0.6) is 0 Å². The zero-order valence-electron chi connectivity index (χ0n) is 22.1. The number of rotatable bonds is 11. The van der Waals surface area contributed by atoms with E-state index in [9.17, 15) is 9.59 Å². The highest BCUT2D eigenvalue weighted by Crippen LogP contribution is 2.24. The van der Waals surface area contributed by atoms with Crippen LogP contribution in [0.3, 0.4) is 0 Å². The monoisotopic (exact) mass is 542 g/mol. The molecule has 0 aliphatic carbocycles. The molecule has 0 radical (unpaired) electrons. The molecule has 0 fully saturated rings. The summed E-state index contributed by atoms with van der Waals surface area (Å²) in [6, 6.07) is 19.0. The summed E-state index contributed by atoms with van der Waals surface area (Å²) < 4.78 is 7.12. The molecular weight excluding hydrogens is 507 g/mol. The van der Waals surface area contributed by atoms with Crippen LogP contribution in [0, 0.1) is 0 Å². The number of pyridine rings is 1. The first-order valence-corrected chi connectivity index (χ1v) is 13.5. The molecule has 0 bridgehead atoms. The Morgan fingerprint density at radius 1 is 0.973 bits per heavy atom. The molecule has 2 aromatic carbocycles. The number of hydrogen-bond donors (Lipinski definition) is 0. The summed E-state index contributed by atoms with van der Waals surface area (Å²) in [5, 5.41) is 0.576. The summed E-state index contributed by atoms with van der Waals surface area (Å²) in [6.45, 7) is 9.47. The van der Waals surface area contributed by atoms with Crippen LogP contribution in [-0.4, -0.2) is 22.7 Å². The molecule has 198 valence electrons. The van der Waals surface area contributed by atoms with Gasteiger partial charge in [-0.15, -0.1) is 0 Å². The maximum absolute atomic E-state index is 13.1. The van der Waals surface area contributed by atoms with Crippen LogP contribution in [0.2, 0.25) is 10.0 Å². The Morgan fingerprint density at radius 2 is 1.65 bits per heavy atom. The second kappa shape index (κ2) is 13.2. The van der Waals surface area contributed by atoms with E-state index >= 15 is 0 Å². The van der Waals surface area contributed by atoms with Gasteiger partial charge in [0, 0.05) is 18.8 Å². The standard InChI is InChI=1S/C30H36Cl2N2O3/c1-5-6-10-18-33(24-11-8-7-9-12-24)21-27-25(31)20-26(32)28(35)34(27)19-17-22-13-15-23(16-14-22)29(36)37-30(2,3)4/h7-9,11-16,20H,5-6,10,17-19,21H2,1-4H3. The largest absolute Gasteiger partial charge is 0.456 e. The SMILES string of the molecule is CCCCCN(Cc1c(Cl)cc(Cl)c(=O)n1CCc1ccc(C(=O)OC(C)(C)C)cc1)c1ccccc1. The molecule has 3 rings (SSSR count). The van der Waals surface area contributed by atoms with Crippen molar-refractivity contribution in [3.05, 3.63) is 97.9 Å². The van der Waals surface area contributed by atoms with Crippen LogP contribution < -0.4 is 10.5 Å². The number of unbranched alkanes of at least 4 members (excludes halogenated alkanes) is 2. The first-order valence-electron chi connectivity index (χ1n) is 12.8. The van der Waals surface area contributed by atoms with Gasteiger partial charge in [0.2, 0.25) is 0 Å². The summed E-state index contributed by atoms with van der Waals surface area (Å²) in [5.41, 5.74) is 2.50. The number of benzene rings is 2. The van der Waals surface area contributed by atoms with Gasteiger partial charge in [-0.3, -0.25) is 4.79 Å². The average molecular weight is 544 g/mol. The van der Waals surface area contributed by atoms with Crippen molar-refractivity contribution in [1.29, 1.82) is 0 Å². The van der Waals surface area contributed by atoms with Crippen molar-refractivity contribution in [3.8, 4) is 0 Å². The fraction of sp³-hybridized carbons (Fsp3) is 0.400. The quantitative estimate of drug-likeness (QED) is 0.185. The van der Waals surface area contributed by atoms with E-state index in [1.54, 1.807) is 22.8 Å². The summed E-state index contributed by atoms with van der Waals surface area (Å²) in [6.07, 6.45) is 3.88. The molecule has 0 spiro atoms. The van der Waals surface area contributed by atoms with Crippen molar-refractivity contribution in [2.75, 3.05) is 11.4 Å². The first-order chi connectivity index (χ1) is 17.6. The number of carbonyl (C=O) groups excluding carboxylic acids is 1. The summed E-state index contributed by atoms with van der Waals surface area (Å²) >= 11 is 12.9. The van der Waals surface area contributed by atoms with E-state index in [-0.39, 0.29) is 16.6 Å². The van der Waals surface area contributed by atoms with Gasteiger partial charge in [0.1, 0.15) is 10.6 Å². The minimum atomic E-state index is -0.552. The van der Waals surface area contributed by atoms with Gasteiger partial charge in [0.15, 0.2) is 0 Å². The fourth-order valence-corrected chi connectivity index (χ4v) is 4.63. The number of hydrogen-bond acceptors (Lipinski definition) is 4. The van der Waals surface area contributed by atoms with Gasteiger partial charge in [0.05, 0.1) is 22.8 Å². The van der Waals surface area contributed by atoms with Crippen LogP contribution in [0.4, 0.5) is 5.69 Å². The van der Waals surface area contributed by atoms with Crippen molar-refractivity contribution in [3.63, 3.8) is 0 Å². The van der Waals surface area contributed by atoms with Crippen molar-refractivity contribution in [1.82, 2.24) is 4.57 Å². The summed E-state index contributed by atoms with van der Waals surface area (Å²) in [5.74, 6) is -0.358. The number of ether oxygens (including phenoxy) is 1. The second-order valence-corrected chi connectivity index (χ2v) is 11.0. The van der Waals surface area contributed by atoms with Crippen LogP contribution in [0.1, 0.15) is 68.6 Å². The Bertz CT molecular complexity index is 1230. The molecular formula is C30H36Cl2N2O3. The highest BCUT2D eigenvalue weighted by atomic mass is 35.5. The highest BCUT2D eigenvalue weighted by molar-refractivity contribution is 6.34. The molecule has 0 aliphatic rings. The molecule has 0 N–H and O–H groups in total. The lowest BCUT2D eigenvalue weighted by molar-refractivity contribution is 0.00695. The van der Waals surface area contributed by atoms with Crippen molar-refractivity contribution in [2.24, 2.45) is 0 Å². The van der Waals surface area contributed by atoms with Crippen molar-refractivity contribution >= 4 is 34.9 Å². The summed E-state index contributed by atoms with van der Waals surface area (Å²) in [7, 11) is 0. The number of aromatic nitrogens is 1. The average Bonchev–Trinajstić information content (AvgIpc) is 2.86. The van der Waals surface area contributed by atoms with Crippen molar-refractivity contribution < 1.29 is 9.53 Å². The van der Waals surface area contributed by atoms with Gasteiger partial charge >= 0.3 is 5.97 Å². The third-order valence-corrected chi connectivity index (χ3v) is 6.61. The van der Waals surface area contributed by atoms with Gasteiger partial charge in [-0.2, -0.15) is 0 Å². The fourth-order valence-electron chi connectivity index (χ4n) is 4.09. The molecule has 0 aliphatic heterocycles. The van der Waals surface area contributed by atoms with E-state index in [2.05, 4.69) is 24.0 Å². The molecule has 1 heterocycles. The molecule has 0 amide bonds. The van der Waals surface area contributed by atoms with Gasteiger partial charge in [-0.05, 0) is 69.5 Å². The Labute approximate surface area is 230 Å². The molecule has 5 nitrogen and oxygen atoms in total. The molecule has 1 aromatic heterocycles. The molecule has 7 heteroatoms. The number of halogens is 2. The predicted molar refractivity (Wildman–Crippen MR) is 153 cm³/mol. The van der Waals surface area contributed by atoms with Crippen LogP contribution in [0.15, 0.2) is 65.5 Å². The normalized spacial score (nSPS) is 11.4.